The Hall–Kier alpha value is -3.03. The Morgan fingerprint density at radius 3 is 2.47 bits per heavy atom. The standard InChI is InChI=1S/C24H26F3N3O2/c1-14-13-32-15(2)22(14)23(31)28-16-8-10-17(11-9-16)30(3)20-12-21(24(25,26)27)29-19-7-5-4-6-18(19)20/h4-7,12-13,16-17H,8-11H2,1-3H3,(H,28,31)/t16-,17+. The summed E-state index contributed by atoms with van der Waals surface area (Å²) in [4.78, 5) is 18.4. The smallest absolute Gasteiger partial charge is 0.433 e. The third kappa shape index (κ3) is 4.31. The van der Waals surface area contributed by atoms with Gasteiger partial charge in [-0.1, -0.05) is 18.2 Å². The second-order valence-corrected chi connectivity index (χ2v) is 8.48. The number of hydrogen-bond donors (Lipinski definition) is 1. The number of aryl methyl sites for hydroxylation is 2. The lowest BCUT2D eigenvalue weighted by Gasteiger charge is -2.37. The van der Waals surface area contributed by atoms with Crippen molar-refractivity contribution >= 4 is 22.5 Å². The summed E-state index contributed by atoms with van der Waals surface area (Å²) in [6.07, 6.45) is 0.110. The Kier molecular flexibility index (Phi) is 5.88. The number of nitrogens with zero attached hydrogens (tertiary/aromatic N) is 2. The number of halogens is 3. The predicted molar refractivity (Wildman–Crippen MR) is 117 cm³/mol. The van der Waals surface area contributed by atoms with E-state index < -0.39 is 11.9 Å². The quantitative estimate of drug-likeness (QED) is 0.565. The van der Waals surface area contributed by atoms with E-state index in [1.54, 1.807) is 37.5 Å². The minimum atomic E-state index is -4.51. The molecule has 170 valence electrons. The molecule has 0 atom stereocenters. The third-order valence-corrected chi connectivity index (χ3v) is 6.33. The largest absolute Gasteiger partial charge is 0.469 e. The molecule has 32 heavy (non-hydrogen) atoms. The molecule has 5 nitrogen and oxygen atoms in total. The SMILES string of the molecule is Cc1coc(C)c1C(=O)N[C@H]1CC[C@@H](N(C)c2cc(C(F)(F)F)nc3ccccc23)CC1. The van der Waals surface area contributed by atoms with Crippen LogP contribution in [0.25, 0.3) is 10.9 Å². The number of amides is 1. The van der Waals surface area contributed by atoms with Crippen molar-refractivity contribution in [1.82, 2.24) is 10.3 Å². The molecular formula is C24H26F3N3O2. The molecule has 2 aromatic heterocycles. The Labute approximate surface area is 184 Å². The minimum Gasteiger partial charge on any atom is -0.469 e. The molecule has 1 N–H and O–H groups in total. The lowest BCUT2D eigenvalue weighted by Crippen LogP contribution is -2.43. The summed E-state index contributed by atoms with van der Waals surface area (Å²) < 4.78 is 45.6. The Morgan fingerprint density at radius 1 is 1.16 bits per heavy atom. The number of para-hydroxylation sites is 1. The zero-order valence-electron chi connectivity index (χ0n) is 18.3. The molecule has 0 aliphatic heterocycles. The average Bonchev–Trinajstić information content (AvgIpc) is 3.10. The molecule has 0 spiro atoms. The van der Waals surface area contributed by atoms with E-state index in [4.69, 9.17) is 4.42 Å². The fourth-order valence-electron chi connectivity index (χ4n) is 4.57. The fraction of sp³-hybridized carbons (Fsp3) is 0.417. The lowest BCUT2D eigenvalue weighted by molar-refractivity contribution is -0.140. The van der Waals surface area contributed by atoms with Crippen molar-refractivity contribution in [1.29, 1.82) is 0 Å². The van der Waals surface area contributed by atoms with Crippen LogP contribution in [0, 0.1) is 13.8 Å². The fourth-order valence-corrected chi connectivity index (χ4v) is 4.57. The Bertz CT molecular complexity index is 1110. The average molecular weight is 445 g/mol. The maximum atomic E-state index is 13.4. The molecule has 2 heterocycles. The Morgan fingerprint density at radius 2 is 1.84 bits per heavy atom. The molecule has 0 bridgehead atoms. The molecule has 3 aromatic rings. The first-order valence-electron chi connectivity index (χ1n) is 10.7. The van der Waals surface area contributed by atoms with Gasteiger partial charge in [0.05, 0.1) is 17.3 Å². The predicted octanol–water partition coefficient (Wildman–Crippen LogP) is 5.64. The van der Waals surface area contributed by atoms with Crippen molar-refractivity contribution in [3.8, 4) is 0 Å². The van der Waals surface area contributed by atoms with Gasteiger partial charge in [0, 0.05) is 35.8 Å². The van der Waals surface area contributed by atoms with Gasteiger partial charge in [-0.15, -0.1) is 0 Å². The van der Waals surface area contributed by atoms with Crippen LogP contribution < -0.4 is 10.2 Å². The van der Waals surface area contributed by atoms with Gasteiger partial charge >= 0.3 is 6.18 Å². The summed E-state index contributed by atoms with van der Waals surface area (Å²) in [5.74, 6) is 0.457. The molecule has 1 amide bonds. The molecule has 1 saturated carbocycles. The van der Waals surface area contributed by atoms with E-state index in [-0.39, 0.29) is 18.0 Å². The van der Waals surface area contributed by atoms with Gasteiger partial charge in [-0.05, 0) is 51.7 Å². The van der Waals surface area contributed by atoms with Crippen LogP contribution in [0.5, 0.6) is 0 Å². The van der Waals surface area contributed by atoms with Gasteiger partial charge in [-0.3, -0.25) is 4.79 Å². The van der Waals surface area contributed by atoms with Crippen LogP contribution in [0.3, 0.4) is 0 Å². The third-order valence-electron chi connectivity index (χ3n) is 6.33. The van der Waals surface area contributed by atoms with E-state index in [0.717, 1.165) is 37.3 Å². The summed E-state index contributed by atoms with van der Waals surface area (Å²) in [7, 11) is 1.84. The highest BCUT2D eigenvalue weighted by Crippen LogP contribution is 2.36. The maximum absolute atomic E-state index is 13.4. The highest BCUT2D eigenvalue weighted by atomic mass is 19.4. The second-order valence-electron chi connectivity index (χ2n) is 8.48. The summed E-state index contributed by atoms with van der Waals surface area (Å²) in [5, 5.41) is 3.78. The van der Waals surface area contributed by atoms with Crippen LogP contribution in [0.1, 0.15) is 53.1 Å². The van der Waals surface area contributed by atoms with Crippen LogP contribution in [-0.2, 0) is 6.18 Å². The number of rotatable bonds is 4. The summed E-state index contributed by atoms with van der Waals surface area (Å²) in [6, 6.07) is 8.15. The zero-order valence-corrected chi connectivity index (χ0v) is 18.3. The molecule has 0 unspecified atom stereocenters. The van der Waals surface area contributed by atoms with Crippen LogP contribution in [0.15, 0.2) is 41.0 Å². The number of anilines is 1. The molecule has 0 saturated heterocycles. The minimum absolute atomic E-state index is 0.0285. The van der Waals surface area contributed by atoms with Gasteiger partial charge in [0.2, 0.25) is 0 Å². The first-order chi connectivity index (χ1) is 15.1. The van der Waals surface area contributed by atoms with Gasteiger partial charge in [-0.25, -0.2) is 4.98 Å². The number of nitrogens with one attached hydrogen (secondary N) is 1. The lowest BCUT2D eigenvalue weighted by atomic mass is 9.89. The van der Waals surface area contributed by atoms with Gasteiger partial charge in [0.15, 0.2) is 0 Å². The maximum Gasteiger partial charge on any atom is 0.433 e. The van der Waals surface area contributed by atoms with Gasteiger partial charge in [-0.2, -0.15) is 13.2 Å². The van der Waals surface area contributed by atoms with Gasteiger partial charge in [0.1, 0.15) is 11.5 Å². The van der Waals surface area contributed by atoms with Crippen molar-refractivity contribution in [3.05, 3.63) is 59.2 Å². The molecule has 1 aliphatic carbocycles. The van der Waals surface area contributed by atoms with Crippen LogP contribution in [-0.4, -0.2) is 30.0 Å². The van der Waals surface area contributed by atoms with E-state index >= 15 is 0 Å². The van der Waals surface area contributed by atoms with E-state index in [0.29, 0.717) is 27.9 Å². The molecule has 0 radical (unpaired) electrons. The highest BCUT2D eigenvalue weighted by Gasteiger charge is 2.34. The summed E-state index contributed by atoms with van der Waals surface area (Å²) >= 11 is 0. The zero-order chi connectivity index (χ0) is 23.0. The van der Waals surface area contributed by atoms with E-state index in [9.17, 15) is 18.0 Å². The van der Waals surface area contributed by atoms with E-state index in [1.165, 1.54) is 0 Å². The van der Waals surface area contributed by atoms with E-state index in [1.807, 2.05) is 18.9 Å². The van der Waals surface area contributed by atoms with Gasteiger partial charge in [0.25, 0.3) is 5.91 Å². The van der Waals surface area contributed by atoms with Crippen molar-refractivity contribution in [2.75, 3.05) is 11.9 Å². The topological polar surface area (TPSA) is 58.4 Å². The number of furan rings is 1. The monoisotopic (exact) mass is 445 g/mol. The first-order valence-corrected chi connectivity index (χ1v) is 10.7. The molecule has 8 heteroatoms. The number of carbonyl (C=O) groups is 1. The van der Waals surface area contributed by atoms with Crippen molar-refractivity contribution in [2.24, 2.45) is 0 Å². The molecule has 1 aliphatic rings. The van der Waals surface area contributed by atoms with Crippen molar-refractivity contribution < 1.29 is 22.4 Å². The number of hydrogen-bond acceptors (Lipinski definition) is 4. The highest BCUT2D eigenvalue weighted by molar-refractivity contribution is 5.96. The number of alkyl halides is 3. The normalized spacial score (nSPS) is 19.2. The molecule has 1 fully saturated rings. The van der Waals surface area contributed by atoms with Crippen molar-refractivity contribution in [2.45, 2.75) is 57.8 Å². The molecule has 4 rings (SSSR count). The van der Waals surface area contributed by atoms with Crippen LogP contribution in [0.2, 0.25) is 0 Å². The van der Waals surface area contributed by atoms with Crippen LogP contribution in [0.4, 0.5) is 18.9 Å². The Balaban J connectivity index is 1.48. The van der Waals surface area contributed by atoms with Crippen LogP contribution >= 0.6 is 0 Å². The number of benzene rings is 1. The second kappa shape index (κ2) is 8.48. The number of aromatic nitrogens is 1. The number of carbonyl (C=O) groups excluding carboxylic acids is 1. The first kappa shape index (κ1) is 22.2. The molecular weight excluding hydrogens is 419 g/mol. The summed E-state index contributed by atoms with van der Waals surface area (Å²) in [6.45, 7) is 3.60. The van der Waals surface area contributed by atoms with Gasteiger partial charge < -0.3 is 14.6 Å². The summed E-state index contributed by atoms with van der Waals surface area (Å²) in [5.41, 5.74) is 1.35. The number of pyridine rings is 1. The van der Waals surface area contributed by atoms with E-state index in [2.05, 4.69) is 10.3 Å². The number of fused-ring (bicyclic) bond motifs is 1. The molecule has 1 aromatic carbocycles. The van der Waals surface area contributed by atoms with Crippen molar-refractivity contribution in [3.63, 3.8) is 0 Å².